The van der Waals surface area contributed by atoms with Crippen molar-refractivity contribution in [3.05, 3.63) is 50.6 Å². The van der Waals surface area contributed by atoms with Gasteiger partial charge in [0, 0.05) is 17.5 Å². The number of aromatic nitrogens is 2. The van der Waals surface area contributed by atoms with Crippen LogP contribution in [0.3, 0.4) is 0 Å². The number of nitrogens with zero attached hydrogens (tertiary/aromatic N) is 2. The van der Waals surface area contributed by atoms with Gasteiger partial charge in [0.2, 0.25) is 0 Å². The van der Waals surface area contributed by atoms with Crippen LogP contribution in [0.5, 0.6) is 5.75 Å². The van der Waals surface area contributed by atoms with E-state index >= 15 is 0 Å². The summed E-state index contributed by atoms with van der Waals surface area (Å²) < 4.78 is 6.70. The van der Waals surface area contributed by atoms with E-state index in [2.05, 4.69) is 0 Å². The number of ether oxygens (including phenoxy) is 1. The molecule has 1 aliphatic carbocycles. The van der Waals surface area contributed by atoms with Crippen LogP contribution < -0.4 is 10.3 Å². The van der Waals surface area contributed by atoms with E-state index in [-0.39, 0.29) is 17.1 Å². The predicted molar refractivity (Wildman–Crippen MR) is 110 cm³/mol. The molecule has 0 aliphatic heterocycles. The van der Waals surface area contributed by atoms with Gasteiger partial charge in [0.1, 0.15) is 10.6 Å². The summed E-state index contributed by atoms with van der Waals surface area (Å²) in [5.74, 6) is 0.960. The van der Waals surface area contributed by atoms with Crippen molar-refractivity contribution in [1.29, 1.82) is 0 Å². The van der Waals surface area contributed by atoms with Gasteiger partial charge in [-0.3, -0.25) is 14.2 Å². The molecule has 0 amide bonds. The first-order valence-corrected chi connectivity index (χ1v) is 10.7. The third-order valence-electron chi connectivity index (χ3n) is 4.90. The lowest BCUT2D eigenvalue weighted by molar-refractivity contribution is 0.102. The molecule has 5 nitrogen and oxygen atoms in total. The third kappa shape index (κ3) is 3.41. The van der Waals surface area contributed by atoms with E-state index in [1.165, 1.54) is 28.6 Å². The van der Waals surface area contributed by atoms with Crippen molar-refractivity contribution in [3.8, 4) is 5.75 Å². The van der Waals surface area contributed by atoms with Crippen LogP contribution in [0, 0.1) is 0 Å². The predicted octanol–water partition coefficient (Wildman–Crippen LogP) is 3.86. The highest BCUT2D eigenvalue weighted by Gasteiger charge is 2.21. The molecular formula is C20H20N2O3S2. The smallest absolute Gasteiger partial charge is 0.262 e. The fourth-order valence-electron chi connectivity index (χ4n) is 3.39. The first-order chi connectivity index (χ1) is 13.1. The monoisotopic (exact) mass is 400 g/mol. The third-order valence-corrected chi connectivity index (χ3v) is 7.12. The number of fused-ring (bicyclic) bond motifs is 3. The average molecular weight is 401 g/mol. The molecule has 2 aromatic heterocycles. The Kier molecular flexibility index (Phi) is 5.06. The number of thioether (sulfide) groups is 1. The van der Waals surface area contributed by atoms with Gasteiger partial charge in [0.05, 0.1) is 18.2 Å². The van der Waals surface area contributed by atoms with Crippen molar-refractivity contribution in [2.24, 2.45) is 7.05 Å². The van der Waals surface area contributed by atoms with Crippen LogP contribution in [-0.2, 0) is 19.9 Å². The summed E-state index contributed by atoms with van der Waals surface area (Å²) in [5, 5.41) is 1.37. The van der Waals surface area contributed by atoms with Crippen molar-refractivity contribution >= 4 is 39.1 Å². The van der Waals surface area contributed by atoms with Gasteiger partial charge in [-0.25, -0.2) is 4.98 Å². The van der Waals surface area contributed by atoms with Crippen LogP contribution in [0.1, 0.15) is 33.6 Å². The zero-order chi connectivity index (χ0) is 19.0. The van der Waals surface area contributed by atoms with Crippen LogP contribution in [0.4, 0.5) is 0 Å². The number of hydrogen-bond acceptors (Lipinski definition) is 6. The highest BCUT2D eigenvalue weighted by Crippen LogP contribution is 2.34. The second-order valence-corrected chi connectivity index (χ2v) is 8.62. The van der Waals surface area contributed by atoms with Gasteiger partial charge in [-0.05, 0) is 55.5 Å². The van der Waals surface area contributed by atoms with Gasteiger partial charge in [-0.2, -0.15) is 0 Å². The summed E-state index contributed by atoms with van der Waals surface area (Å²) in [6.45, 7) is 0. The zero-order valence-corrected chi connectivity index (χ0v) is 16.9. The Balaban J connectivity index is 1.59. The Morgan fingerprint density at radius 1 is 1.26 bits per heavy atom. The normalized spacial score (nSPS) is 13.6. The van der Waals surface area contributed by atoms with Crippen molar-refractivity contribution in [3.63, 3.8) is 0 Å². The first kappa shape index (κ1) is 18.3. The van der Waals surface area contributed by atoms with E-state index in [1.807, 2.05) is 0 Å². The van der Waals surface area contributed by atoms with Crippen LogP contribution in [0.25, 0.3) is 10.2 Å². The zero-order valence-electron chi connectivity index (χ0n) is 15.3. The summed E-state index contributed by atoms with van der Waals surface area (Å²) in [4.78, 5) is 32.2. The molecule has 0 N–H and O–H groups in total. The maximum absolute atomic E-state index is 12.9. The Hall–Kier alpha value is -2.12. The summed E-state index contributed by atoms with van der Waals surface area (Å²) in [6.07, 6.45) is 4.32. The van der Waals surface area contributed by atoms with Crippen molar-refractivity contribution in [2.75, 3.05) is 12.9 Å². The van der Waals surface area contributed by atoms with Crippen molar-refractivity contribution < 1.29 is 9.53 Å². The molecule has 0 fully saturated rings. The average Bonchev–Trinajstić information content (AvgIpc) is 3.07. The summed E-state index contributed by atoms with van der Waals surface area (Å²) in [7, 11) is 3.33. The first-order valence-electron chi connectivity index (χ1n) is 8.90. The van der Waals surface area contributed by atoms with Gasteiger partial charge in [0.15, 0.2) is 10.9 Å². The van der Waals surface area contributed by atoms with Gasteiger partial charge in [-0.15, -0.1) is 11.3 Å². The number of benzene rings is 1. The number of methoxy groups -OCH3 is 1. The summed E-state index contributed by atoms with van der Waals surface area (Å²) in [5.41, 5.74) is 1.82. The number of hydrogen-bond donors (Lipinski definition) is 0. The lowest BCUT2D eigenvalue weighted by Crippen LogP contribution is -2.21. The number of ketones is 1. The Morgan fingerprint density at radius 2 is 2.00 bits per heavy atom. The van der Waals surface area contributed by atoms with Crippen LogP contribution in [-0.4, -0.2) is 28.2 Å². The molecule has 7 heteroatoms. The molecule has 0 saturated heterocycles. The second kappa shape index (κ2) is 7.48. The molecule has 0 bridgehead atoms. The Labute approximate surface area is 165 Å². The topological polar surface area (TPSA) is 61.2 Å². The molecule has 4 rings (SSSR count). The van der Waals surface area contributed by atoms with E-state index < -0.39 is 0 Å². The molecule has 0 saturated carbocycles. The second-order valence-electron chi connectivity index (χ2n) is 6.59. The minimum atomic E-state index is -0.00111. The number of aryl methyl sites for hydroxylation is 2. The van der Waals surface area contributed by atoms with Crippen molar-refractivity contribution in [1.82, 2.24) is 9.55 Å². The van der Waals surface area contributed by atoms with Crippen LogP contribution in [0.2, 0.25) is 0 Å². The SMILES string of the molecule is COc1ccc(C(=O)CSc2nc3sc4c(c3c(=O)n2C)CCCC4)cc1. The number of carbonyl (C=O) groups is 1. The van der Waals surface area contributed by atoms with E-state index in [0.717, 1.165) is 35.2 Å². The molecule has 0 spiro atoms. The molecule has 0 atom stereocenters. The lowest BCUT2D eigenvalue weighted by Gasteiger charge is -2.10. The van der Waals surface area contributed by atoms with Gasteiger partial charge in [-0.1, -0.05) is 11.8 Å². The number of carbonyl (C=O) groups excluding carboxylic acids is 1. The maximum atomic E-state index is 12.9. The summed E-state index contributed by atoms with van der Waals surface area (Å²) in [6, 6.07) is 7.05. The molecule has 0 radical (unpaired) electrons. The molecule has 1 aliphatic rings. The van der Waals surface area contributed by atoms with Gasteiger partial charge >= 0.3 is 0 Å². The van der Waals surface area contributed by atoms with Crippen molar-refractivity contribution in [2.45, 2.75) is 30.8 Å². The number of thiophene rings is 1. The minimum Gasteiger partial charge on any atom is -0.497 e. The minimum absolute atomic E-state index is 0.00111. The van der Waals surface area contributed by atoms with E-state index in [9.17, 15) is 9.59 Å². The maximum Gasteiger partial charge on any atom is 0.262 e. The molecule has 27 heavy (non-hydrogen) atoms. The fraction of sp³-hybridized carbons (Fsp3) is 0.350. The standard InChI is InChI=1S/C20H20N2O3S2/c1-22-19(24)17-14-5-3-4-6-16(14)27-18(17)21-20(22)26-11-15(23)12-7-9-13(25-2)10-8-12/h7-10H,3-6,11H2,1-2H3. The van der Waals surface area contributed by atoms with Gasteiger partial charge < -0.3 is 4.74 Å². The lowest BCUT2D eigenvalue weighted by atomic mass is 9.97. The highest BCUT2D eigenvalue weighted by molar-refractivity contribution is 7.99. The molecule has 2 heterocycles. The van der Waals surface area contributed by atoms with Crippen LogP contribution >= 0.6 is 23.1 Å². The number of rotatable bonds is 5. The van der Waals surface area contributed by atoms with Crippen LogP contribution in [0.15, 0.2) is 34.2 Å². The fourth-order valence-corrected chi connectivity index (χ4v) is 5.56. The largest absolute Gasteiger partial charge is 0.497 e. The quantitative estimate of drug-likeness (QED) is 0.370. The Morgan fingerprint density at radius 3 is 2.74 bits per heavy atom. The van der Waals surface area contributed by atoms with Gasteiger partial charge in [0.25, 0.3) is 5.56 Å². The molecular weight excluding hydrogens is 380 g/mol. The van der Waals surface area contributed by atoms with E-state index in [0.29, 0.717) is 10.7 Å². The summed E-state index contributed by atoms with van der Waals surface area (Å²) >= 11 is 2.95. The molecule has 140 valence electrons. The highest BCUT2D eigenvalue weighted by atomic mass is 32.2. The number of Topliss-reactive ketones (excluding diaryl/α,β-unsaturated/α-hetero) is 1. The van der Waals surface area contributed by atoms with E-state index in [4.69, 9.17) is 9.72 Å². The molecule has 0 unspecified atom stereocenters. The molecule has 3 aromatic rings. The Bertz CT molecular complexity index is 1070. The van der Waals surface area contributed by atoms with E-state index in [1.54, 1.807) is 54.3 Å². The molecule has 1 aromatic carbocycles.